The number of alkyl halides is 1. The second-order valence-electron chi connectivity index (χ2n) is 4.93. The summed E-state index contributed by atoms with van der Waals surface area (Å²) in [6.45, 7) is 7.04. The lowest BCUT2D eigenvalue weighted by molar-refractivity contribution is -0.117. The van der Waals surface area contributed by atoms with Crippen LogP contribution in [0.3, 0.4) is 0 Å². The number of aryl methyl sites for hydroxylation is 2. The number of benzene rings is 1. The van der Waals surface area contributed by atoms with Crippen LogP contribution in [0.4, 0.5) is 5.69 Å². The third-order valence-electron chi connectivity index (χ3n) is 3.65. The van der Waals surface area contributed by atoms with Crippen LogP contribution in [-0.2, 0) is 4.79 Å². The van der Waals surface area contributed by atoms with Gasteiger partial charge in [0.2, 0.25) is 5.91 Å². The molecule has 2 rings (SSSR count). The molecule has 0 radical (unpaired) electrons. The molecule has 1 fully saturated rings. The van der Waals surface area contributed by atoms with Gasteiger partial charge in [-0.05, 0) is 55.5 Å². The van der Waals surface area contributed by atoms with Gasteiger partial charge in [-0.2, -0.15) is 0 Å². The number of halogens is 1. The van der Waals surface area contributed by atoms with Crippen LogP contribution in [0.2, 0.25) is 0 Å². The molecule has 17 heavy (non-hydrogen) atoms. The van der Waals surface area contributed by atoms with Crippen LogP contribution in [0.5, 0.6) is 0 Å². The van der Waals surface area contributed by atoms with E-state index in [-0.39, 0.29) is 5.91 Å². The van der Waals surface area contributed by atoms with Gasteiger partial charge < -0.3 is 4.90 Å². The lowest BCUT2D eigenvalue weighted by atomic mass is 10.0. The highest BCUT2D eigenvalue weighted by atomic mass is 35.5. The Morgan fingerprint density at radius 1 is 1.29 bits per heavy atom. The summed E-state index contributed by atoms with van der Waals surface area (Å²) >= 11 is 5.83. The largest absolute Gasteiger partial charge is 0.312 e. The minimum Gasteiger partial charge on any atom is -0.312 e. The topological polar surface area (TPSA) is 20.3 Å². The Kier molecular flexibility index (Phi) is 3.43. The van der Waals surface area contributed by atoms with E-state index in [9.17, 15) is 4.79 Å². The normalized spacial score (nSPS) is 20.1. The number of hydrogen-bond donors (Lipinski definition) is 0. The molecule has 0 aliphatic carbocycles. The first kappa shape index (κ1) is 12.4. The van der Waals surface area contributed by atoms with E-state index in [2.05, 4.69) is 32.9 Å². The molecule has 1 heterocycles. The number of hydrogen-bond acceptors (Lipinski definition) is 1. The average molecular weight is 252 g/mol. The first-order chi connectivity index (χ1) is 8.02. The minimum absolute atomic E-state index is 0.193. The number of carbonyl (C=O) groups is 1. The van der Waals surface area contributed by atoms with Crippen LogP contribution in [0, 0.1) is 26.7 Å². The second kappa shape index (κ2) is 4.69. The third kappa shape index (κ3) is 2.32. The number of nitrogens with zero attached hydrogens (tertiary/aromatic N) is 1. The van der Waals surface area contributed by atoms with E-state index in [1.165, 1.54) is 16.7 Å². The Morgan fingerprint density at radius 3 is 2.35 bits per heavy atom. The van der Waals surface area contributed by atoms with E-state index in [4.69, 9.17) is 11.6 Å². The van der Waals surface area contributed by atoms with Crippen molar-refractivity contribution in [3.05, 3.63) is 28.8 Å². The van der Waals surface area contributed by atoms with Gasteiger partial charge in [-0.3, -0.25) is 4.79 Å². The van der Waals surface area contributed by atoms with Crippen LogP contribution in [-0.4, -0.2) is 18.3 Å². The maximum Gasteiger partial charge on any atom is 0.227 e. The Labute approximate surface area is 108 Å². The van der Waals surface area contributed by atoms with Crippen molar-refractivity contribution in [1.82, 2.24) is 0 Å². The Morgan fingerprint density at radius 2 is 1.88 bits per heavy atom. The van der Waals surface area contributed by atoms with Crippen molar-refractivity contribution in [2.75, 3.05) is 17.3 Å². The zero-order valence-corrected chi connectivity index (χ0v) is 11.3. The Hall–Kier alpha value is -1.02. The van der Waals surface area contributed by atoms with Crippen molar-refractivity contribution in [1.29, 1.82) is 0 Å². The highest BCUT2D eigenvalue weighted by Gasteiger charge is 2.30. The first-order valence-corrected chi connectivity index (χ1v) is 6.50. The number of rotatable bonds is 2. The summed E-state index contributed by atoms with van der Waals surface area (Å²) < 4.78 is 0. The van der Waals surface area contributed by atoms with Crippen molar-refractivity contribution >= 4 is 23.2 Å². The fourth-order valence-corrected chi connectivity index (χ4v) is 2.51. The third-order valence-corrected chi connectivity index (χ3v) is 4.08. The second-order valence-corrected chi connectivity index (χ2v) is 5.24. The fraction of sp³-hybridized carbons (Fsp3) is 0.500. The quantitative estimate of drug-likeness (QED) is 0.740. The van der Waals surface area contributed by atoms with E-state index in [0.717, 1.165) is 12.2 Å². The number of amides is 1. The van der Waals surface area contributed by atoms with Crippen molar-refractivity contribution in [2.24, 2.45) is 5.92 Å². The van der Waals surface area contributed by atoms with Crippen LogP contribution in [0.25, 0.3) is 0 Å². The smallest absolute Gasteiger partial charge is 0.227 e. The highest BCUT2D eigenvalue weighted by molar-refractivity contribution is 6.18. The van der Waals surface area contributed by atoms with Gasteiger partial charge in [0.15, 0.2) is 0 Å². The SMILES string of the molecule is Cc1cc(N2CC(CCl)CC2=O)cc(C)c1C. The molecule has 0 aromatic heterocycles. The standard InChI is InChI=1S/C14H18ClNO/c1-9-4-13(5-10(2)11(9)3)16-8-12(7-15)6-14(16)17/h4-5,12H,6-8H2,1-3H3. The van der Waals surface area contributed by atoms with Gasteiger partial charge in [-0.1, -0.05) is 0 Å². The Bertz CT molecular complexity index is 433. The molecule has 1 saturated heterocycles. The van der Waals surface area contributed by atoms with Crippen molar-refractivity contribution in [2.45, 2.75) is 27.2 Å². The van der Waals surface area contributed by atoms with Gasteiger partial charge in [0, 0.05) is 24.5 Å². The summed E-state index contributed by atoms with van der Waals surface area (Å²) in [5, 5.41) is 0. The van der Waals surface area contributed by atoms with E-state index in [1.54, 1.807) is 0 Å². The summed E-state index contributed by atoms with van der Waals surface area (Å²) in [6, 6.07) is 4.19. The van der Waals surface area contributed by atoms with Gasteiger partial charge >= 0.3 is 0 Å². The zero-order valence-electron chi connectivity index (χ0n) is 10.6. The molecule has 0 bridgehead atoms. The molecule has 0 saturated carbocycles. The molecule has 0 N–H and O–H groups in total. The lowest BCUT2D eigenvalue weighted by Gasteiger charge is -2.19. The van der Waals surface area contributed by atoms with E-state index in [1.807, 2.05) is 4.90 Å². The summed E-state index contributed by atoms with van der Waals surface area (Å²) in [4.78, 5) is 13.8. The lowest BCUT2D eigenvalue weighted by Crippen LogP contribution is -2.24. The predicted octanol–water partition coefficient (Wildman–Crippen LogP) is 3.20. The predicted molar refractivity (Wildman–Crippen MR) is 71.8 cm³/mol. The molecular formula is C14H18ClNO. The first-order valence-electron chi connectivity index (χ1n) is 5.97. The molecule has 1 aromatic carbocycles. The summed E-state index contributed by atoms with van der Waals surface area (Å²) in [5.41, 5.74) is 4.79. The van der Waals surface area contributed by atoms with E-state index >= 15 is 0 Å². The zero-order chi connectivity index (χ0) is 12.6. The fourth-order valence-electron chi connectivity index (χ4n) is 2.30. The molecule has 2 nitrogen and oxygen atoms in total. The molecule has 1 amide bonds. The molecule has 1 aliphatic heterocycles. The van der Waals surface area contributed by atoms with Crippen LogP contribution in [0.1, 0.15) is 23.1 Å². The maximum atomic E-state index is 11.9. The van der Waals surface area contributed by atoms with Gasteiger partial charge in [0.25, 0.3) is 0 Å². The molecule has 1 aliphatic rings. The molecule has 1 aromatic rings. The number of carbonyl (C=O) groups excluding carboxylic acids is 1. The van der Waals surface area contributed by atoms with E-state index in [0.29, 0.717) is 18.2 Å². The maximum absolute atomic E-state index is 11.9. The van der Waals surface area contributed by atoms with Gasteiger partial charge in [-0.15, -0.1) is 11.6 Å². The summed E-state index contributed by atoms with van der Waals surface area (Å²) in [5.74, 6) is 1.05. The molecular weight excluding hydrogens is 234 g/mol. The molecule has 1 atom stereocenters. The van der Waals surface area contributed by atoms with Crippen molar-refractivity contribution in [3.8, 4) is 0 Å². The van der Waals surface area contributed by atoms with Gasteiger partial charge in [0.05, 0.1) is 0 Å². The minimum atomic E-state index is 0.193. The van der Waals surface area contributed by atoms with Crippen LogP contribution < -0.4 is 4.90 Å². The molecule has 1 unspecified atom stereocenters. The van der Waals surface area contributed by atoms with Crippen LogP contribution in [0.15, 0.2) is 12.1 Å². The van der Waals surface area contributed by atoms with Gasteiger partial charge in [-0.25, -0.2) is 0 Å². The molecule has 92 valence electrons. The van der Waals surface area contributed by atoms with E-state index < -0.39 is 0 Å². The summed E-state index contributed by atoms with van der Waals surface area (Å²) in [6.07, 6.45) is 0.579. The van der Waals surface area contributed by atoms with Gasteiger partial charge in [0.1, 0.15) is 0 Å². The Balaban J connectivity index is 2.32. The summed E-state index contributed by atoms with van der Waals surface area (Å²) in [7, 11) is 0. The average Bonchev–Trinajstić information content (AvgIpc) is 2.67. The van der Waals surface area contributed by atoms with Crippen molar-refractivity contribution < 1.29 is 4.79 Å². The highest BCUT2D eigenvalue weighted by Crippen LogP contribution is 2.28. The molecule has 0 spiro atoms. The molecule has 3 heteroatoms. The monoisotopic (exact) mass is 251 g/mol. The van der Waals surface area contributed by atoms with Crippen molar-refractivity contribution in [3.63, 3.8) is 0 Å². The van der Waals surface area contributed by atoms with Crippen LogP contribution >= 0.6 is 11.6 Å². The number of anilines is 1.